The summed E-state index contributed by atoms with van der Waals surface area (Å²) < 4.78 is 2.35. The number of aromatic nitrogens is 1. The van der Waals surface area contributed by atoms with Crippen molar-refractivity contribution in [1.82, 2.24) is 14.4 Å². The molecule has 4 heteroatoms. The molecule has 134 valence electrons. The Kier molecular flexibility index (Phi) is 4.08. The summed E-state index contributed by atoms with van der Waals surface area (Å²) in [6.45, 7) is 4.17. The van der Waals surface area contributed by atoms with E-state index in [0.29, 0.717) is 0 Å². The maximum atomic E-state index is 12.4. The van der Waals surface area contributed by atoms with Crippen LogP contribution in [0.2, 0.25) is 0 Å². The number of benzene rings is 2. The number of rotatable bonds is 2. The Morgan fingerprint density at radius 1 is 1.12 bits per heavy atom. The Balaban J connectivity index is 1.95. The minimum Gasteiger partial charge on any atom is -0.345 e. The van der Waals surface area contributed by atoms with E-state index >= 15 is 0 Å². The number of hydrogen-bond donors (Lipinski definition) is 0. The number of carbonyl (C=O) groups is 1. The van der Waals surface area contributed by atoms with E-state index in [1.54, 1.807) is 19.0 Å². The van der Waals surface area contributed by atoms with E-state index in [2.05, 4.69) is 47.7 Å². The minimum absolute atomic E-state index is 0.0350. The summed E-state index contributed by atoms with van der Waals surface area (Å²) in [6, 6.07) is 14.7. The highest BCUT2D eigenvalue weighted by Crippen LogP contribution is 2.34. The number of likely N-dealkylation sites (N-methyl/N-ethyl adjacent to an activating group) is 1. The van der Waals surface area contributed by atoms with Gasteiger partial charge in [0.05, 0.1) is 5.52 Å². The lowest BCUT2D eigenvalue weighted by molar-refractivity contribution is 0.0827. The van der Waals surface area contributed by atoms with Crippen molar-refractivity contribution in [2.24, 2.45) is 0 Å². The summed E-state index contributed by atoms with van der Waals surface area (Å²) in [5.74, 6) is 0.0350. The van der Waals surface area contributed by atoms with E-state index in [-0.39, 0.29) is 5.91 Å². The first-order valence-electron chi connectivity index (χ1n) is 9.09. The molecule has 0 saturated carbocycles. The summed E-state index contributed by atoms with van der Waals surface area (Å²) in [6.07, 6.45) is 1.02. The molecule has 0 fully saturated rings. The average Bonchev–Trinajstić information content (AvgIpc) is 2.94. The predicted molar refractivity (Wildman–Crippen MR) is 106 cm³/mol. The largest absolute Gasteiger partial charge is 0.345 e. The third-order valence-corrected chi connectivity index (χ3v) is 5.25. The molecule has 0 unspecified atom stereocenters. The zero-order valence-corrected chi connectivity index (χ0v) is 15.9. The van der Waals surface area contributed by atoms with Gasteiger partial charge in [0.1, 0.15) is 0 Å². The van der Waals surface area contributed by atoms with Crippen LogP contribution in [0.4, 0.5) is 0 Å². The second-order valence-electron chi connectivity index (χ2n) is 7.52. The van der Waals surface area contributed by atoms with Crippen molar-refractivity contribution in [3.05, 3.63) is 64.8 Å². The SMILES string of the molecule is Cc1ccc2c(c1)c1c(n2-c2cccc(C(=O)N(C)C)c2)CCN(C)C1. The normalized spacial score (nSPS) is 14.5. The highest BCUT2D eigenvalue weighted by Gasteiger charge is 2.23. The van der Waals surface area contributed by atoms with Crippen molar-refractivity contribution in [3.63, 3.8) is 0 Å². The molecule has 1 aliphatic rings. The quantitative estimate of drug-likeness (QED) is 0.708. The van der Waals surface area contributed by atoms with Crippen LogP contribution in [0.3, 0.4) is 0 Å². The highest BCUT2D eigenvalue weighted by atomic mass is 16.2. The maximum Gasteiger partial charge on any atom is 0.253 e. The smallest absolute Gasteiger partial charge is 0.253 e. The summed E-state index contributed by atoms with van der Waals surface area (Å²) in [5.41, 5.74) is 7.09. The number of carbonyl (C=O) groups excluding carboxylic acids is 1. The van der Waals surface area contributed by atoms with Gasteiger partial charge in [0, 0.05) is 55.9 Å². The molecule has 2 aromatic carbocycles. The molecule has 1 aliphatic heterocycles. The zero-order valence-electron chi connectivity index (χ0n) is 15.9. The lowest BCUT2D eigenvalue weighted by atomic mass is 10.0. The van der Waals surface area contributed by atoms with Gasteiger partial charge in [0.25, 0.3) is 5.91 Å². The van der Waals surface area contributed by atoms with Gasteiger partial charge in [-0.15, -0.1) is 0 Å². The van der Waals surface area contributed by atoms with Crippen LogP contribution in [0.5, 0.6) is 0 Å². The molecule has 1 aromatic heterocycles. The molecular formula is C22H25N3O. The standard InChI is InChI=1S/C22H25N3O/c1-15-8-9-20-18(12-15)19-14-24(4)11-10-21(19)25(20)17-7-5-6-16(13-17)22(26)23(2)3/h5-9,12-13H,10-11,14H2,1-4H3. The van der Waals surface area contributed by atoms with Crippen LogP contribution in [0.25, 0.3) is 16.6 Å². The molecule has 3 aromatic rings. The zero-order chi connectivity index (χ0) is 18.4. The van der Waals surface area contributed by atoms with Crippen LogP contribution in [0.15, 0.2) is 42.5 Å². The molecule has 0 spiro atoms. The lowest BCUT2D eigenvalue weighted by Gasteiger charge is -2.24. The number of amides is 1. The van der Waals surface area contributed by atoms with Gasteiger partial charge in [-0.05, 0) is 49.9 Å². The molecule has 4 nitrogen and oxygen atoms in total. The van der Waals surface area contributed by atoms with E-state index in [1.807, 2.05) is 18.2 Å². The van der Waals surface area contributed by atoms with Crippen molar-refractivity contribution in [1.29, 1.82) is 0 Å². The Hall–Kier alpha value is -2.59. The van der Waals surface area contributed by atoms with Crippen LogP contribution in [0.1, 0.15) is 27.2 Å². The maximum absolute atomic E-state index is 12.4. The van der Waals surface area contributed by atoms with E-state index in [9.17, 15) is 4.79 Å². The fourth-order valence-electron chi connectivity index (χ4n) is 3.94. The van der Waals surface area contributed by atoms with Crippen LogP contribution in [-0.4, -0.2) is 48.0 Å². The summed E-state index contributed by atoms with van der Waals surface area (Å²) >= 11 is 0. The van der Waals surface area contributed by atoms with E-state index in [4.69, 9.17) is 0 Å². The molecule has 2 heterocycles. The molecule has 0 aliphatic carbocycles. The Morgan fingerprint density at radius 3 is 2.69 bits per heavy atom. The fourth-order valence-corrected chi connectivity index (χ4v) is 3.94. The second kappa shape index (κ2) is 6.29. The molecule has 1 amide bonds. The van der Waals surface area contributed by atoms with Gasteiger partial charge >= 0.3 is 0 Å². The molecule has 0 N–H and O–H groups in total. The fraction of sp³-hybridized carbons (Fsp3) is 0.318. The molecule has 0 bridgehead atoms. The van der Waals surface area contributed by atoms with Gasteiger partial charge in [-0.3, -0.25) is 4.79 Å². The predicted octanol–water partition coefficient (Wildman–Crippen LogP) is 3.63. The topological polar surface area (TPSA) is 28.5 Å². The van der Waals surface area contributed by atoms with E-state index in [1.165, 1.54) is 27.7 Å². The first-order chi connectivity index (χ1) is 12.5. The molecule has 4 rings (SSSR count). The summed E-state index contributed by atoms with van der Waals surface area (Å²) in [4.78, 5) is 16.4. The molecule has 0 atom stereocenters. The number of aryl methyl sites for hydroxylation is 1. The third-order valence-electron chi connectivity index (χ3n) is 5.25. The van der Waals surface area contributed by atoms with Crippen LogP contribution >= 0.6 is 0 Å². The van der Waals surface area contributed by atoms with Gasteiger partial charge in [-0.2, -0.15) is 0 Å². The molecular weight excluding hydrogens is 322 g/mol. The molecule has 26 heavy (non-hydrogen) atoms. The Morgan fingerprint density at radius 2 is 1.92 bits per heavy atom. The van der Waals surface area contributed by atoms with Gasteiger partial charge in [-0.25, -0.2) is 0 Å². The molecule has 0 radical (unpaired) electrons. The number of nitrogens with zero attached hydrogens (tertiary/aromatic N) is 3. The van der Waals surface area contributed by atoms with Gasteiger partial charge in [0.15, 0.2) is 0 Å². The van der Waals surface area contributed by atoms with Crippen LogP contribution in [0, 0.1) is 6.92 Å². The number of hydrogen-bond acceptors (Lipinski definition) is 2. The van der Waals surface area contributed by atoms with Crippen molar-refractivity contribution in [3.8, 4) is 5.69 Å². The second-order valence-corrected chi connectivity index (χ2v) is 7.52. The minimum atomic E-state index is 0.0350. The lowest BCUT2D eigenvalue weighted by Crippen LogP contribution is -2.27. The van der Waals surface area contributed by atoms with Crippen molar-refractivity contribution >= 4 is 16.8 Å². The van der Waals surface area contributed by atoms with Crippen molar-refractivity contribution < 1.29 is 4.79 Å². The average molecular weight is 347 g/mol. The van der Waals surface area contributed by atoms with E-state index < -0.39 is 0 Å². The monoisotopic (exact) mass is 347 g/mol. The molecule has 0 saturated heterocycles. The third kappa shape index (κ3) is 2.71. The first kappa shape index (κ1) is 16.9. The van der Waals surface area contributed by atoms with Crippen molar-refractivity contribution in [2.45, 2.75) is 19.9 Å². The first-order valence-corrected chi connectivity index (χ1v) is 9.09. The Bertz CT molecular complexity index is 1000. The Labute approximate surface area is 154 Å². The summed E-state index contributed by atoms with van der Waals surface area (Å²) in [7, 11) is 5.76. The van der Waals surface area contributed by atoms with Gasteiger partial charge < -0.3 is 14.4 Å². The van der Waals surface area contributed by atoms with Crippen molar-refractivity contribution in [2.75, 3.05) is 27.7 Å². The highest BCUT2D eigenvalue weighted by molar-refractivity contribution is 5.95. The van der Waals surface area contributed by atoms with Crippen LogP contribution in [-0.2, 0) is 13.0 Å². The van der Waals surface area contributed by atoms with Crippen LogP contribution < -0.4 is 0 Å². The van der Waals surface area contributed by atoms with Gasteiger partial charge in [0.2, 0.25) is 0 Å². The summed E-state index contributed by atoms with van der Waals surface area (Å²) in [5, 5.41) is 1.33. The van der Waals surface area contributed by atoms with Gasteiger partial charge in [-0.1, -0.05) is 17.7 Å². The van der Waals surface area contributed by atoms with E-state index in [0.717, 1.165) is 30.8 Å². The number of fused-ring (bicyclic) bond motifs is 3.